The van der Waals surface area contributed by atoms with Crippen molar-refractivity contribution < 1.29 is 23.8 Å². The fraction of sp³-hybridized carbons (Fsp3) is 0.333. The molecule has 0 saturated carbocycles. The summed E-state index contributed by atoms with van der Waals surface area (Å²) in [6.45, 7) is 0.426. The van der Waals surface area contributed by atoms with Crippen molar-refractivity contribution in [1.82, 2.24) is 10.4 Å². The van der Waals surface area contributed by atoms with Crippen LogP contribution in [0, 0.1) is 0 Å². The molecule has 1 aromatic carbocycles. The number of rotatable bonds is 4. The van der Waals surface area contributed by atoms with Crippen LogP contribution >= 0.6 is 15.9 Å². The minimum absolute atomic E-state index is 0.203. The Bertz CT molecular complexity index is 565. The molecule has 0 bridgehead atoms. The van der Waals surface area contributed by atoms with Gasteiger partial charge in [-0.15, -0.1) is 0 Å². The van der Waals surface area contributed by atoms with Crippen molar-refractivity contribution in [3.63, 3.8) is 0 Å². The van der Waals surface area contributed by atoms with Gasteiger partial charge in [0.05, 0.1) is 6.04 Å². The Hall–Kier alpha value is -1.96. The molecule has 1 atom stereocenters. The average molecular weight is 343 g/mol. The van der Waals surface area contributed by atoms with Gasteiger partial charge in [-0.05, 0) is 24.1 Å². The van der Waals surface area contributed by atoms with Crippen LogP contribution in [0.2, 0.25) is 0 Å². The maximum Gasteiger partial charge on any atom is 0.429 e. The lowest BCUT2D eigenvalue weighted by Gasteiger charge is -2.20. The van der Waals surface area contributed by atoms with Gasteiger partial charge in [-0.2, -0.15) is 0 Å². The molecule has 20 heavy (non-hydrogen) atoms. The third-order valence-corrected chi connectivity index (χ3v) is 3.89. The zero-order chi connectivity index (χ0) is 14.1. The van der Waals surface area contributed by atoms with Crippen LogP contribution in [0.1, 0.15) is 5.56 Å². The molecule has 2 aliphatic rings. The summed E-state index contributed by atoms with van der Waals surface area (Å²) in [7, 11) is 0. The van der Waals surface area contributed by atoms with Gasteiger partial charge < -0.3 is 14.2 Å². The number of nitrogens with zero attached hydrogens (tertiary/aromatic N) is 1. The standard InChI is InChI=1S/C12H11BrN2O5/c13-9-3-11-10(19-6-20-11)2-7(9)1-8-4-18-12(17)15(8)14-5-16/h2-3,5,8H,1,4,6H2,(H,14,16)/t8-/m1/s1. The van der Waals surface area contributed by atoms with Crippen molar-refractivity contribution in [3.05, 3.63) is 22.2 Å². The number of benzene rings is 1. The van der Waals surface area contributed by atoms with E-state index in [1.165, 1.54) is 5.01 Å². The molecule has 0 spiro atoms. The predicted molar refractivity (Wildman–Crippen MR) is 70.1 cm³/mol. The highest BCUT2D eigenvalue weighted by Gasteiger charge is 2.34. The summed E-state index contributed by atoms with van der Waals surface area (Å²) in [5.41, 5.74) is 3.28. The van der Waals surface area contributed by atoms with Gasteiger partial charge in [0.1, 0.15) is 6.61 Å². The topological polar surface area (TPSA) is 77.1 Å². The molecule has 7 nitrogen and oxygen atoms in total. The largest absolute Gasteiger partial charge is 0.454 e. The highest BCUT2D eigenvalue weighted by atomic mass is 79.9. The molecule has 3 rings (SSSR count). The molecule has 1 saturated heterocycles. The summed E-state index contributed by atoms with van der Waals surface area (Å²) >= 11 is 3.46. The van der Waals surface area contributed by atoms with Crippen LogP contribution in [0.4, 0.5) is 4.79 Å². The van der Waals surface area contributed by atoms with Crippen molar-refractivity contribution in [1.29, 1.82) is 0 Å². The first-order chi connectivity index (χ1) is 9.69. The zero-order valence-corrected chi connectivity index (χ0v) is 11.9. The second-order valence-electron chi connectivity index (χ2n) is 4.35. The van der Waals surface area contributed by atoms with E-state index in [4.69, 9.17) is 14.2 Å². The maximum atomic E-state index is 11.5. The quantitative estimate of drug-likeness (QED) is 0.832. The normalized spacial score (nSPS) is 19.9. The van der Waals surface area contributed by atoms with Gasteiger partial charge in [0.25, 0.3) is 0 Å². The van der Waals surface area contributed by atoms with Gasteiger partial charge in [-0.25, -0.2) is 9.80 Å². The van der Waals surface area contributed by atoms with Gasteiger partial charge in [0.15, 0.2) is 11.5 Å². The third-order valence-electron chi connectivity index (χ3n) is 3.15. The number of halogens is 1. The molecule has 2 heterocycles. The fourth-order valence-corrected chi connectivity index (χ4v) is 2.68. The molecular weight excluding hydrogens is 332 g/mol. The number of nitrogens with one attached hydrogen (secondary N) is 1. The lowest BCUT2D eigenvalue weighted by molar-refractivity contribution is -0.113. The smallest absolute Gasteiger partial charge is 0.429 e. The Balaban J connectivity index is 1.80. The molecule has 8 heteroatoms. The van der Waals surface area contributed by atoms with Crippen molar-refractivity contribution >= 4 is 28.4 Å². The van der Waals surface area contributed by atoms with Gasteiger partial charge in [0, 0.05) is 4.47 Å². The first-order valence-corrected chi connectivity index (χ1v) is 6.72. The molecule has 0 unspecified atom stereocenters. The average Bonchev–Trinajstić information content (AvgIpc) is 3.00. The van der Waals surface area contributed by atoms with Crippen molar-refractivity contribution in [2.24, 2.45) is 0 Å². The summed E-state index contributed by atoms with van der Waals surface area (Å²) in [6, 6.07) is 3.42. The first kappa shape index (κ1) is 13.0. The monoisotopic (exact) mass is 342 g/mol. The predicted octanol–water partition coefficient (Wildman–Crippen LogP) is 1.20. The Labute approximate surface area is 122 Å². The minimum Gasteiger partial charge on any atom is -0.454 e. The van der Waals surface area contributed by atoms with E-state index < -0.39 is 6.09 Å². The van der Waals surface area contributed by atoms with Crippen molar-refractivity contribution in [2.45, 2.75) is 12.5 Å². The van der Waals surface area contributed by atoms with E-state index in [1.54, 1.807) is 0 Å². The Morgan fingerprint density at radius 2 is 2.10 bits per heavy atom. The van der Waals surface area contributed by atoms with Crippen LogP contribution in [0.3, 0.4) is 0 Å². The molecule has 106 valence electrons. The Kier molecular flexibility index (Phi) is 3.39. The summed E-state index contributed by atoms with van der Waals surface area (Å²) in [5.74, 6) is 1.35. The molecule has 2 aliphatic heterocycles. The van der Waals surface area contributed by atoms with E-state index in [2.05, 4.69) is 21.4 Å². The van der Waals surface area contributed by atoms with Crippen LogP contribution in [-0.2, 0) is 16.0 Å². The fourth-order valence-electron chi connectivity index (χ4n) is 2.20. The van der Waals surface area contributed by atoms with E-state index in [-0.39, 0.29) is 19.4 Å². The highest BCUT2D eigenvalue weighted by Crippen LogP contribution is 2.37. The number of cyclic esters (lactones) is 1. The molecular formula is C12H11BrN2O5. The maximum absolute atomic E-state index is 11.5. The van der Waals surface area contributed by atoms with Crippen LogP contribution in [0.5, 0.6) is 11.5 Å². The third kappa shape index (κ3) is 2.26. The van der Waals surface area contributed by atoms with Crippen LogP contribution in [0.15, 0.2) is 16.6 Å². The number of ether oxygens (including phenoxy) is 3. The SMILES string of the molecule is O=CNN1C(=O)OC[C@H]1Cc1cc2c(cc1Br)OCO2. The van der Waals surface area contributed by atoms with Gasteiger partial charge in [-0.3, -0.25) is 10.2 Å². The van der Waals surface area contributed by atoms with E-state index in [0.717, 1.165) is 10.0 Å². The van der Waals surface area contributed by atoms with Crippen LogP contribution < -0.4 is 14.9 Å². The van der Waals surface area contributed by atoms with E-state index in [9.17, 15) is 9.59 Å². The second kappa shape index (κ2) is 5.20. The van der Waals surface area contributed by atoms with E-state index in [0.29, 0.717) is 24.3 Å². The molecule has 1 aromatic rings. The summed E-state index contributed by atoms with van der Waals surface area (Å²) in [6.07, 6.45) is 0.414. The van der Waals surface area contributed by atoms with Gasteiger partial charge >= 0.3 is 6.09 Å². The van der Waals surface area contributed by atoms with Crippen LogP contribution in [0.25, 0.3) is 0 Å². The minimum atomic E-state index is -0.557. The second-order valence-corrected chi connectivity index (χ2v) is 5.20. The lowest BCUT2D eigenvalue weighted by atomic mass is 10.1. The van der Waals surface area contributed by atoms with Crippen LogP contribution in [-0.4, -0.2) is 37.0 Å². The lowest BCUT2D eigenvalue weighted by Crippen LogP contribution is -2.44. The molecule has 0 radical (unpaired) electrons. The number of hydrogen-bond acceptors (Lipinski definition) is 5. The molecule has 1 fully saturated rings. The van der Waals surface area contributed by atoms with E-state index >= 15 is 0 Å². The molecule has 2 amide bonds. The van der Waals surface area contributed by atoms with Crippen molar-refractivity contribution in [2.75, 3.05) is 13.4 Å². The summed E-state index contributed by atoms with van der Waals surface area (Å²) in [5, 5.41) is 1.18. The number of carbonyl (C=O) groups excluding carboxylic acids is 2. The first-order valence-electron chi connectivity index (χ1n) is 5.93. The summed E-state index contributed by atoms with van der Waals surface area (Å²) in [4.78, 5) is 22.0. The van der Waals surface area contributed by atoms with E-state index in [1.807, 2.05) is 12.1 Å². The van der Waals surface area contributed by atoms with Crippen molar-refractivity contribution in [3.8, 4) is 11.5 Å². The molecule has 0 aromatic heterocycles. The number of fused-ring (bicyclic) bond motifs is 1. The van der Waals surface area contributed by atoms with Gasteiger partial charge in [0.2, 0.25) is 13.2 Å². The summed E-state index contributed by atoms with van der Waals surface area (Å²) < 4.78 is 16.4. The number of amides is 2. The number of hydrazine groups is 1. The van der Waals surface area contributed by atoms with Gasteiger partial charge in [-0.1, -0.05) is 15.9 Å². The number of carbonyl (C=O) groups is 2. The molecule has 0 aliphatic carbocycles. The zero-order valence-electron chi connectivity index (χ0n) is 10.3. The Morgan fingerprint density at radius 1 is 1.35 bits per heavy atom. The Morgan fingerprint density at radius 3 is 2.85 bits per heavy atom. The molecule has 1 N–H and O–H groups in total. The highest BCUT2D eigenvalue weighted by molar-refractivity contribution is 9.10. The number of hydrogen-bond donors (Lipinski definition) is 1.